The van der Waals surface area contributed by atoms with Crippen LogP contribution in [-0.4, -0.2) is 8.42 Å². The van der Waals surface area contributed by atoms with Gasteiger partial charge in [-0.2, -0.15) is 0 Å². The fraction of sp³-hybridized carbons (Fsp3) is 0.143. The van der Waals surface area contributed by atoms with Gasteiger partial charge >= 0.3 is 0 Å². The summed E-state index contributed by atoms with van der Waals surface area (Å²) in [5.41, 5.74) is 7.01. The lowest BCUT2D eigenvalue weighted by atomic mass is 10.1. The van der Waals surface area contributed by atoms with Gasteiger partial charge < -0.3 is 5.73 Å². The van der Waals surface area contributed by atoms with Gasteiger partial charge in [-0.05, 0) is 48.4 Å². The maximum Gasteiger partial charge on any atom is 0.182 e. The van der Waals surface area contributed by atoms with Crippen LogP contribution in [0.2, 0.25) is 5.02 Å². The Hall–Kier alpha value is -1.59. The van der Waals surface area contributed by atoms with Crippen LogP contribution in [0.3, 0.4) is 0 Å². The highest BCUT2D eigenvalue weighted by Gasteiger charge is 2.18. The average Bonchev–Trinajstić information content (AvgIpc) is 2.36. The highest BCUT2D eigenvalue weighted by atomic mass is 35.5. The van der Waals surface area contributed by atoms with Gasteiger partial charge in [0.05, 0.1) is 21.4 Å². The number of halogens is 2. The van der Waals surface area contributed by atoms with E-state index in [-0.39, 0.29) is 15.7 Å². The van der Waals surface area contributed by atoms with E-state index in [1.165, 1.54) is 30.3 Å². The van der Waals surface area contributed by atoms with E-state index in [0.717, 1.165) is 5.56 Å². The van der Waals surface area contributed by atoms with Crippen molar-refractivity contribution in [1.29, 1.82) is 0 Å². The van der Waals surface area contributed by atoms with Gasteiger partial charge in [0.25, 0.3) is 0 Å². The Labute approximate surface area is 122 Å². The van der Waals surface area contributed by atoms with Gasteiger partial charge in [0.1, 0.15) is 5.82 Å². The van der Waals surface area contributed by atoms with Crippen LogP contribution in [0.5, 0.6) is 0 Å². The van der Waals surface area contributed by atoms with Crippen LogP contribution in [0, 0.1) is 12.7 Å². The summed E-state index contributed by atoms with van der Waals surface area (Å²) >= 11 is 5.83. The number of aryl methyl sites for hydroxylation is 1. The van der Waals surface area contributed by atoms with E-state index in [2.05, 4.69) is 0 Å². The molecule has 0 saturated heterocycles. The maximum absolute atomic E-state index is 13.2. The first-order valence-electron chi connectivity index (χ1n) is 5.82. The van der Waals surface area contributed by atoms with Gasteiger partial charge in [0, 0.05) is 0 Å². The molecule has 2 aromatic rings. The molecule has 0 atom stereocenters. The zero-order valence-electron chi connectivity index (χ0n) is 10.7. The van der Waals surface area contributed by atoms with Gasteiger partial charge in [-0.25, -0.2) is 12.8 Å². The van der Waals surface area contributed by atoms with Crippen molar-refractivity contribution < 1.29 is 12.8 Å². The molecule has 0 aromatic heterocycles. The number of hydrogen-bond donors (Lipinski definition) is 1. The molecule has 106 valence electrons. The number of rotatable bonds is 3. The Bertz CT molecular complexity index is 760. The molecule has 0 unspecified atom stereocenters. The van der Waals surface area contributed by atoms with Gasteiger partial charge in [0.15, 0.2) is 9.84 Å². The Balaban J connectivity index is 2.40. The molecule has 0 saturated carbocycles. The number of benzene rings is 2. The summed E-state index contributed by atoms with van der Waals surface area (Å²) < 4.78 is 37.8. The van der Waals surface area contributed by atoms with Crippen molar-refractivity contribution in [2.24, 2.45) is 0 Å². The molecule has 20 heavy (non-hydrogen) atoms. The van der Waals surface area contributed by atoms with Crippen molar-refractivity contribution in [3.05, 3.63) is 58.4 Å². The second kappa shape index (κ2) is 5.42. The summed E-state index contributed by atoms with van der Waals surface area (Å²) in [6.07, 6.45) is 0. The van der Waals surface area contributed by atoms with Gasteiger partial charge in [-0.15, -0.1) is 0 Å². The molecule has 0 heterocycles. The van der Waals surface area contributed by atoms with E-state index in [9.17, 15) is 12.8 Å². The first kappa shape index (κ1) is 14.8. The van der Waals surface area contributed by atoms with E-state index < -0.39 is 15.7 Å². The van der Waals surface area contributed by atoms with Crippen molar-refractivity contribution in [1.82, 2.24) is 0 Å². The van der Waals surface area contributed by atoms with Gasteiger partial charge in [-0.3, -0.25) is 0 Å². The molecule has 0 radical (unpaired) electrons. The van der Waals surface area contributed by atoms with Crippen LogP contribution >= 0.6 is 11.6 Å². The Morgan fingerprint density at radius 2 is 1.90 bits per heavy atom. The molecule has 0 fully saturated rings. The third-order valence-corrected chi connectivity index (χ3v) is 4.98. The highest BCUT2D eigenvalue weighted by molar-refractivity contribution is 7.90. The predicted octanol–water partition coefficient (Wildman–Crippen LogP) is 3.34. The number of sulfone groups is 1. The third kappa shape index (κ3) is 3.11. The minimum absolute atomic E-state index is 0.0698. The van der Waals surface area contributed by atoms with Gasteiger partial charge in [0.2, 0.25) is 0 Å². The minimum atomic E-state index is -3.60. The summed E-state index contributed by atoms with van der Waals surface area (Å²) in [7, 11) is -3.60. The standard InChI is InChI=1S/C14H13ClFNO2S/c1-9-2-3-11(16)6-10(9)8-20(18,19)12-4-5-14(17)13(15)7-12/h2-7H,8,17H2,1H3. The molecule has 0 bridgehead atoms. The monoisotopic (exact) mass is 313 g/mol. The van der Waals surface area contributed by atoms with Gasteiger partial charge in [-0.1, -0.05) is 17.7 Å². The quantitative estimate of drug-likeness (QED) is 0.884. The third-order valence-electron chi connectivity index (χ3n) is 2.99. The smallest absolute Gasteiger partial charge is 0.182 e. The molecule has 2 N–H and O–H groups in total. The number of nitrogen functional groups attached to an aromatic ring is 1. The highest BCUT2D eigenvalue weighted by Crippen LogP contribution is 2.25. The van der Waals surface area contributed by atoms with Crippen LogP contribution in [0.4, 0.5) is 10.1 Å². The van der Waals surface area contributed by atoms with Crippen molar-refractivity contribution in [2.75, 3.05) is 5.73 Å². The Morgan fingerprint density at radius 3 is 2.55 bits per heavy atom. The SMILES string of the molecule is Cc1ccc(F)cc1CS(=O)(=O)c1ccc(N)c(Cl)c1. The molecule has 6 heteroatoms. The first-order valence-corrected chi connectivity index (χ1v) is 7.85. The van der Waals surface area contributed by atoms with Crippen molar-refractivity contribution >= 4 is 27.1 Å². The van der Waals surface area contributed by atoms with Crippen LogP contribution in [-0.2, 0) is 15.6 Å². The molecule has 0 aliphatic carbocycles. The van der Waals surface area contributed by atoms with Crippen LogP contribution in [0.25, 0.3) is 0 Å². The lowest BCUT2D eigenvalue weighted by Gasteiger charge is -2.09. The zero-order chi connectivity index (χ0) is 14.9. The van der Waals surface area contributed by atoms with Crippen LogP contribution in [0.15, 0.2) is 41.3 Å². The van der Waals surface area contributed by atoms with E-state index in [1.807, 2.05) is 0 Å². The summed E-state index contributed by atoms with van der Waals surface area (Å²) in [5.74, 6) is -0.743. The summed E-state index contributed by atoms with van der Waals surface area (Å²) in [6, 6.07) is 8.22. The number of anilines is 1. The van der Waals surface area contributed by atoms with Crippen LogP contribution in [0.1, 0.15) is 11.1 Å². The van der Waals surface area contributed by atoms with E-state index in [0.29, 0.717) is 11.3 Å². The zero-order valence-corrected chi connectivity index (χ0v) is 12.3. The molecular formula is C14H13ClFNO2S. The summed E-state index contributed by atoms with van der Waals surface area (Å²) in [4.78, 5) is 0.0698. The predicted molar refractivity (Wildman–Crippen MR) is 77.9 cm³/mol. The van der Waals surface area contributed by atoms with E-state index in [1.54, 1.807) is 13.0 Å². The normalized spacial score (nSPS) is 11.6. The maximum atomic E-state index is 13.2. The molecule has 2 aromatic carbocycles. The fourth-order valence-corrected chi connectivity index (χ4v) is 3.49. The first-order chi connectivity index (χ1) is 9.29. The largest absolute Gasteiger partial charge is 0.398 e. The molecule has 0 spiro atoms. The second-order valence-electron chi connectivity index (χ2n) is 4.51. The van der Waals surface area contributed by atoms with Crippen molar-refractivity contribution in [3.63, 3.8) is 0 Å². The fourth-order valence-electron chi connectivity index (χ4n) is 1.78. The lowest BCUT2D eigenvalue weighted by Crippen LogP contribution is -2.07. The Morgan fingerprint density at radius 1 is 1.20 bits per heavy atom. The topological polar surface area (TPSA) is 60.2 Å². The minimum Gasteiger partial charge on any atom is -0.398 e. The van der Waals surface area contributed by atoms with Crippen LogP contribution < -0.4 is 5.73 Å². The molecule has 2 rings (SSSR count). The average molecular weight is 314 g/mol. The second-order valence-corrected chi connectivity index (χ2v) is 6.91. The van der Waals surface area contributed by atoms with E-state index >= 15 is 0 Å². The summed E-state index contributed by atoms with van der Waals surface area (Å²) in [6.45, 7) is 1.74. The molecule has 0 amide bonds. The lowest BCUT2D eigenvalue weighted by molar-refractivity contribution is 0.594. The molecule has 0 aliphatic heterocycles. The number of nitrogens with two attached hydrogens (primary N) is 1. The molecule has 0 aliphatic rings. The van der Waals surface area contributed by atoms with Crippen molar-refractivity contribution in [2.45, 2.75) is 17.6 Å². The number of hydrogen-bond acceptors (Lipinski definition) is 3. The van der Waals surface area contributed by atoms with E-state index in [4.69, 9.17) is 17.3 Å². The molecular weight excluding hydrogens is 301 g/mol. The molecule has 3 nitrogen and oxygen atoms in total. The summed E-state index contributed by atoms with van der Waals surface area (Å²) in [5, 5.41) is 0.182. The Kier molecular flexibility index (Phi) is 4.01. The van der Waals surface area contributed by atoms with Crippen molar-refractivity contribution in [3.8, 4) is 0 Å².